The Labute approximate surface area is 68.1 Å². The lowest BCUT2D eigenvalue weighted by Crippen LogP contribution is -1.83. The Balaban J connectivity index is 2.83. The van der Waals surface area contributed by atoms with E-state index in [2.05, 4.69) is 15.0 Å². The van der Waals surface area contributed by atoms with Crippen molar-refractivity contribution in [1.29, 1.82) is 0 Å². The normalized spacial score (nSPS) is 10.3. The number of halogens is 1. The Morgan fingerprint density at radius 1 is 1.18 bits per heavy atom. The minimum absolute atomic E-state index is 0.604. The zero-order valence-corrected chi connectivity index (χ0v) is 6.28. The second-order valence-electron chi connectivity index (χ2n) is 2.09. The molecule has 11 heavy (non-hydrogen) atoms. The topological polar surface area (TPSA) is 38.7 Å². The Kier molecular flexibility index (Phi) is 1.43. The first-order valence-corrected chi connectivity index (χ1v) is 3.45. The SMILES string of the molecule is Clc1cnc2ncncc2c1. The second kappa shape index (κ2) is 2.43. The molecular weight excluding hydrogens is 162 g/mol. The molecule has 0 N–H and O–H groups in total. The van der Waals surface area contributed by atoms with Crippen LogP contribution >= 0.6 is 11.6 Å². The highest BCUT2D eigenvalue weighted by Gasteiger charge is 1.94. The summed E-state index contributed by atoms with van der Waals surface area (Å²) in [6.45, 7) is 0. The van der Waals surface area contributed by atoms with Crippen molar-refractivity contribution in [3.63, 3.8) is 0 Å². The van der Waals surface area contributed by atoms with Crippen LogP contribution in [0.1, 0.15) is 0 Å². The van der Waals surface area contributed by atoms with Crippen LogP contribution in [0.2, 0.25) is 5.02 Å². The number of pyridine rings is 1. The van der Waals surface area contributed by atoms with Crippen LogP contribution in [0.5, 0.6) is 0 Å². The monoisotopic (exact) mass is 165 g/mol. The van der Waals surface area contributed by atoms with Crippen molar-refractivity contribution in [3.8, 4) is 0 Å². The fraction of sp³-hybridized carbons (Fsp3) is 0. The predicted octanol–water partition coefficient (Wildman–Crippen LogP) is 1.68. The molecule has 2 rings (SSSR count). The highest BCUT2D eigenvalue weighted by atomic mass is 35.5. The standard InChI is InChI=1S/C7H4ClN3/c8-6-1-5-2-9-4-11-7(5)10-3-6/h1-4H. The molecule has 4 heteroatoms. The Morgan fingerprint density at radius 3 is 3.00 bits per heavy atom. The molecule has 0 unspecified atom stereocenters. The van der Waals surface area contributed by atoms with Gasteiger partial charge in [-0.3, -0.25) is 0 Å². The number of rotatable bonds is 0. The van der Waals surface area contributed by atoms with Gasteiger partial charge in [-0.1, -0.05) is 11.6 Å². The van der Waals surface area contributed by atoms with Crippen molar-refractivity contribution in [1.82, 2.24) is 15.0 Å². The van der Waals surface area contributed by atoms with E-state index in [9.17, 15) is 0 Å². The van der Waals surface area contributed by atoms with Crippen molar-refractivity contribution < 1.29 is 0 Å². The Hall–Kier alpha value is -1.22. The Morgan fingerprint density at radius 2 is 2.09 bits per heavy atom. The van der Waals surface area contributed by atoms with E-state index in [0.29, 0.717) is 10.7 Å². The summed E-state index contributed by atoms with van der Waals surface area (Å²) >= 11 is 5.70. The molecule has 0 fully saturated rings. The molecule has 0 radical (unpaired) electrons. The third-order valence-electron chi connectivity index (χ3n) is 1.32. The molecule has 0 aromatic carbocycles. The molecule has 0 saturated heterocycles. The summed E-state index contributed by atoms with van der Waals surface area (Å²) in [5.41, 5.74) is 0.671. The molecule has 2 heterocycles. The van der Waals surface area contributed by atoms with Crippen molar-refractivity contribution in [3.05, 3.63) is 29.8 Å². The smallest absolute Gasteiger partial charge is 0.162 e. The third kappa shape index (κ3) is 1.14. The lowest BCUT2D eigenvalue weighted by Gasteiger charge is -1.93. The van der Waals surface area contributed by atoms with Crippen LogP contribution in [-0.2, 0) is 0 Å². The van der Waals surface area contributed by atoms with Crippen LogP contribution in [0.25, 0.3) is 11.0 Å². The fourth-order valence-electron chi connectivity index (χ4n) is 0.852. The van der Waals surface area contributed by atoms with E-state index in [-0.39, 0.29) is 0 Å². The first-order chi connectivity index (χ1) is 5.36. The van der Waals surface area contributed by atoms with E-state index in [1.807, 2.05) is 0 Å². The third-order valence-corrected chi connectivity index (χ3v) is 1.53. The lowest BCUT2D eigenvalue weighted by atomic mass is 10.3. The van der Waals surface area contributed by atoms with Crippen LogP contribution in [0, 0.1) is 0 Å². The second-order valence-corrected chi connectivity index (χ2v) is 2.53. The number of hydrogen-bond acceptors (Lipinski definition) is 3. The van der Waals surface area contributed by atoms with Gasteiger partial charge in [0, 0.05) is 17.8 Å². The average molecular weight is 166 g/mol. The van der Waals surface area contributed by atoms with Gasteiger partial charge < -0.3 is 0 Å². The zero-order chi connectivity index (χ0) is 7.68. The maximum Gasteiger partial charge on any atom is 0.162 e. The summed E-state index contributed by atoms with van der Waals surface area (Å²) < 4.78 is 0. The summed E-state index contributed by atoms with van der Waals surface area (Å²) in [6, 6.07) is 1.78. The molecule has 0 saturated carbocycles. The lowest BCUT2D eigenvalue weighted by molar-refractivity contribution is 1.18. The van der Waals surface area contributed by atoms with E-state index >= 15 is 0 Å². The van der Waals surface area contributed by atoms with Gasteiger partial charge in [-0.2, -0.15) is 0 Å². The van der Waals surface area contributed by atoms with Gasteiger partial charge in [0.25, 0.3) is 0 Å². The molecule has 2 aromatic rings. The summed E-state index contributed by atoms with van der Waals surface area (Å²) in [4.78, 5) is 11.8. The number of hydrogen-bond donors (Lipinski definition) is 0. The van der Waals surface area contributed by atoms with Gasteiger partial charge in [-0.05, 0) is 6.07 Å². The quantitative estimate of drug-likeness (QED) is 0.596. The highest BCUT2D eigenvalue weighted by Crippen LogP contribution is 2.12. The van der Waals surface area contributed by atoms with Crippen LogP contribution in [-0.4, -0.2) is 15.0 Å². The zero-order valence-electron chi connectivity index (χ0n) is 5.53. The summed E-state index contributed by atoms with van der Waals surface area (Å²) in [5, 5.41) is 1.47. The van der Waals surface area contributed by atoms with Crippen LogP contribution < -0.4 is 0 Å². The summed E-state index contributed by atoms with van der Waals surface area (Å²) in [5.74, 6) is 0. The van der Waals surface area contributed by atoms with Gasteiger partial charge in [-0.25, -0.2) is 15.0 Å². The molecule has 3 nitrogen and oxygen atoms in total. The average Bonchev–Trinajstić information content (AvgIpc) is 2.04. The first-order valence-electron chi connectivity index (χ1n) is 3.07. The maximum absolute atomic E-state index is 5.70. The van der Waals surface area contributed by atoms with E-state index in [0.717, 1.165) is 5.39 Å². The van der Waals surface area contributed by atoms with Crippen LogP contribution in [0.3, 0.4) is 0 Å². The maximum atomic E-state index is 5.70. The van der Waals surface area contributed by atoms with E-state index in [1.165, 1.54) is 6.33 Å². The molecule has 0 bridgehead atoms. The molecule has 0 amide bonds. The fourth-order valence-corrected chi connectivity index (χ4v) is 1.02. The number of fused-ring (bicyclic) bond motifs is 1. The first kappa shape index (κ1) is 6.49. The minimum atomic E-state index is 0.604. The van der Waals surface area contributed by atoms with Gasteiger partial charge in [0.2, 0.25) is 0 Å². The molecule has 0 spiro atoms. The van der Waals surface area contributed by atoms with Crippen LogP contribution in [0.15, 0.2) is 24.8 Å². The Bertz CT molecular complexity index is 388. The van der Waals surface area contributed by atoms with Gasteiger partial charge in [-0.15, -0.1) is 0 Å². The molecule has 0 atom stereocenters. The van der Waals surface area contributed by atoms with Crippen molar-refractivity contribution in [2.45, 2.75) is 0 Å². The molecule has 54 valence electrons. The molecular formula is C7H4ClN3. The van der Waals surface area contributed by atoms with Gasteiger partial charge in [0.15, 0.2) is 5.65 Å². The molecule has 0 aliphatic heterocycles. The van der Waals surface area contributed by atoms with Gasteiger partial charge in [0.05, 0.1) is 5.02 Å². The number of aromatic nitrogens is 3. The van der Waals surface area contributed by atoms with Gasteiger partial charge in [0.1, 0.15) is 6.33 Å². The van der Waals surface area contributed by atoms with Crippen LogP contribution in [0.4, 0.5) is 0 Å². The van der Waals surface area contributed by atoms with Crippen molar-refractivity contribution in [2.75, 3.05) is 0 Å². The molecule has 2 aromatic heterocycles. The predicted molar refractivity (Wildman–Crippen MR) is 42.3 cm³/mol. The van der Waals surface area contributed by atoms with E-state index < -0.39 is 0 Å². The summed E-state index contributed by atoms with van der Waals surface area (Å²) in [6.07, 6.45) is 4.71. The molecule has 0 aliphatic carbocycles. The minimum Gasteiger partial charge on any atom is -0.244 e. The number of nitrogens with zero attached hydrogens (tertiary/aromatic N) is 3. The largest absolute Gasteiger partial charge is 0.244 e. The summed E-state index contributed by atoms with van der Waals surface area (Å²) in [7, 11) is 0. The van der Waals surface area contributed by atoms with Crippen molar-refractivity contribution >= 4 is 22.6 Å². The van der Waals surface area contributed by atoms with Crippen molar-refractivity contribution in [2.24, 2.45) is 0 Å². The van der Waals surface area contributed by atoms with E-state index in [1.54, 1.807) is 18.5 Å². The van der Waals surface area contributed by atoms with Gasteiger partial charge >= 0.3 is 0 Å². The highest BCUT2D eigenvalue weighted by molar-refractivity contribution is 6.31. The molecule has 0 aliphatic rings. The van der Waals surface area contributed by atoms with E-state index in [4.69, 9.17) is 11.6 Å².